The molecule has 0 saturated carbocycles. The van der Waals surface area contributed by atoms with Gasteiger partial charge in [0, 0.05) is 0 Å². The van der Waals surface area contributed by atoms with Gasteiger partial charge in [-0.25, -0.2) is 8.42 Å². The van der Waals surface area contributed by atoms with Crippen molar-refractivity contribution >= 4 is 71.6 Å². The number of hydrogen-bond donors (Lipinski definition) is 3. The Morgan fingerprint density at radius 2 is 1.00 bits per heavy atom. The molecule has 0 aromatic heterocycles. The summed E-state index contributed by atoms with van der Waals surface area (Å²) in [6, 6.07) is 0. The zero-order valence-corrected chi connectivity index (χ0v) is 7.39. The minimum absolute atomic E-state index is 0. The van der Waals surface area contributed by atoms with Gasteiger partial charge in [0.25, 0.3) is 20.2 Å². The van der Waals surface area contributed by atoms with Crippen LogP contribution in [0, 0.1) is 0 Å². The summed E-state index contributed by atoms with van der Waals surface area (Å²) in [5, 5.41) is 0. The summed E-state index contributed by atoms with van der Waals surface area (Å²) < 4.78 is 66.7. The fraction of sp³-hybridized carbons (Fsp3) is 0. The Kier molecular flexibility index (Phi) is 15.0. The predicted molar refractivity (Wildman–Crippen MR) is 33.0 cm³/mol. The van der Waals surface area contributed by atoms with E-state index in [9.17, 15) is 8.42 Å². The second-order valence-electron chi connectivity index (χ2n) is 0.830. The van der Waals surface area contributed by atoms with Gasteiger partial charge in [-0.3, -0.25) is 9.11 Å². The summed E-state index contributed by atoms with van der Waals surface area (Å²) >= 11 is -5.38. The van der Waals surface area contributed by atoms with Crippen molar-refractivity contribution in [2.45, 2.75) is 0 Å². The van der Waals surface area contributed by atoms with Crippen molar-refractivity contribution < 1.29 is 46.2 Å². The zero-order valence-electron chi connectivity index (χ0n) is 4.58. The predicted octanol–water partition coefficient (Wildman–Crippen LogP) is -2.22. The third-order valence-corrected chi connectivity index (χ3v) is 1.10. The Bertz CT molecular complexity index is 267. The van der Waals surface area contributed by atoms with Crippen LogP contribution in [0.3, 0.4) is 0 Å². The Hall–Kier alpha value is 1.74. The minimum atomic E-state index is -5.38. The first-order chi connectivity index (χ1) is 4.64. The van der Waals surface area contributed by atoms with Gasteiger partial charge in [0.1, 0.15) is 0 Å². The van der Waals surface area contributed by atoms with Gasteiger partial charge in [-0.2, -0.15) is 0 Å². The summed E-state index contributed by atoms with van der Waals surface area (Å²) in [5.74, 6) is 0. The van der Waals surface area contributed by atoms with Gasteiger partial charge < -0.3 is 0 Å². The third-order valence-electron chi connectivity index (χ3n) is 0.122. The van der Waals surface area contributed by atoms with E-state index in [0.29, 0.717) is 0 Å². The molecular formula is H4KMnO8S2. The van der Waals surface area contributed by atoms with E-state index in [-0.39, 0.29) is 51.4 Å². The van der Waals surface area contributed by atoms with Crippen LogP contribution in [-0.4, -0.2) is 73.1 Å². The van der Waals surface area contributed by atoms with E-state index in [1.165, 1.54) is 0 Å². The van der Waals surface area contributed by atoms with Crippen molar-refractivity contribution in [2.24, 2.45) is 0 Å². The Morgan fingerprint density at radius 3 is 1.00 bits per heavy atom. The summed E-state index contributed by atoms with van der Waals surface area (Å²) in [6.45, 7) is 0. The molecule has 2 atom stereocenters. The van der Waals surface area contributed by atoms with Gasteiger partial charge in [0.15, 0.2) is 0 Å². The third kappa shape index (κ3) is 41.1. The van der Waals surface area contributed by atoms with Gasteiger partial charge in [0.2, 0.25) is 0 Å². The van der Waals surface area contributed by atoms with Crippen molar-refractivity contribution in [3.8, 4) is 0 Å². The van der Waals surface area contributed by atoms with Crippen LogP contribution in [0.1, 0.15) is 0 Å². The quantitative estimate of drug-likeness (QED) is 0.279. The second-order valence-corrected chi connectivity index (χ2v) is 4.65. The molecule has 0 bridgehead atoms. The molecular weight excluding hydrogens is 286 g/mol. The van der Waals surface area contributed by atoms with Crippen LogP contribution in [0.5, 0.6) is 0 Å². The van der Waals surface area contributed by atoms with Crippen LogP contribution in [0.4, 0.5) is 0 Å². The fourth-order valence-electron chi connectivity index (χ4n) is 0. The molecule has 0 radical (unpaired) electrons. The average Bonchev–Trinajstić information content (AvgIpc) is 1.59. The Labute approximate surface area is 116 Å². The molecule has 72 valence electrons. The SMILES string of the molecule is O=S(O)S(=O)O.[KH].[O]=[Mn](=[O])(=[O])[OH]. The van der Waals surface area contributed by atoms with E-state index >= 15 is 0 Å². The van der Waals surface area contributed by atoms with Gasteiger partial charge in [-0.1, -0.05) is 0 Å². The molecule has 0 aliphatic rings. The molecule has 0 aliphatic carbocycles. The van der Waals surface area contributed by atoms with Crippen LogP contribution in [0.25, 0.3) is 0 Å². The number of hydrogen-bond acceptors (Lipinski definition) is 5. The molecule has 8 nitrogen and oxygen atoms in total. The van der Waals surface area contributed by atoms with Crippen molar-refractivity contribution in [1.82, 2.24) is 0 Å². The molecule has 12 heavy (non-hydrogen) atoms. The Morgan fingerprint density at radius 1 is 0.917 bits per heavy atom. The van der Waals surface area contributed by atoms with E-state index < -0.39 is 33.2 Å². The summed E-state index contributed by atoms with van der Waals surface area (Å²) in [7, 11) is -5.18. The molecule has 0 aliphatic heterocycles. The molecule has 2 unspecified atom stereocenters. The van der Waals surface area contributed by atoms with Gasteiger partial charge in [-0.15, -0.1) is 0 Å². The van der Waals surface area contributed by atoms with Crippen LogP contribution in [0.2, 0.25) is 0 Å². The fourth-order valence-corrected chi connectivity index (χ4v) is 0. The molecule has 0 rings (SSSR count). The Balaban J connectivity index is -0.000000126. The first-order valence-corrected chi connectivity index (χ1v) is 6.20. The second kappa shape index (κ2) is 9.30. The summed E-state index contributed by atoms with van der Waals surface area (Å²) in [6.07, 6.45) is 0. The summed E-state index contributed by atoms with van der Waals surface area (Å²) in [5.41, 5.74) is 0. The van der Waals surface area contributed by atoms with E-state index in [1.807, 2.05) is 0 Å². The molecule has 0 spiro atoms. The first kappa shape index (κ1) is 19.3. The van der Waals surface area contributed by atoms with Crippen LogP contribution < -0.4 is 0 Å². The molecule has 0 heterocycles. The van der Waals surface area contributed by atoms with Crippen molar-refractivity contribution in [3.63, 3.8) is 0 Å². The van der Waals surface area contributed by atoms with E-state index in [4.69, 9.17) is 24.8 Å². The number of rotatable bonds is 1. The maximum absolute atomic E-state index is 9.26. The van der Waals surface area contributed by atoms with Gasteiger partial charge >= 0.3 is 80.0 Å². The summed E-state index contributed by atoms with van der Waals surface area (Å²) in [4.78, 5) is 0. The van der Waals surface area contributed by atoms with Crippen LogP contribution >= 0.6 is 0 Å². The molecule has 3 N–H and O–H groups in total. The molecule has 0 amide bonds. The topological polar surface area (TPSA) is 146 Å². The van der Waals surface area contributed by atoms with Crippen molar-refractivity contribution in [3.05, 3.63) is 0 Å². The van der Waals surface area contributed by atoms with Crippen LogP contribution in [-0.2, 0) is 44.7 Å². The molecule has 0 fully saturated rings. The average molecular weight is 290 g/mol. The normalized spacial score (nSPS) is 14.6. The van der Waals surface area contributed by atoms with Crippen molar-refractivity contribution in [2.75, 3.05) is 0 Å². The molecule has 12 heteroatoms. The van der Waals surface area contributed by atoms with E-state index in [0.717, 1.165) is 0 Å². The zero-order chi connectivity index (χ0) is 9.65. The maximum atomic E-state index is 9.26. The monoisotopic (exact) mass is 290 g/mol. The van der Waals surface area contributed by atoms with Crippen LogP contribution in [0.15, 0.2) is 0 Å². The molecule has 0 saturated heterocycles. The molecule has 0 aromatic rings. The standard InChI is InChI=1S/K.Mn.H2O4S2.H2O.3O.H/c;;1-5(2)6(3)4;;;;;/h;;(H,1,2)(H,3,4);1H2;;;;/q;+1;;;;;;/p-1. The van der Waals surface area contributed by atoms with Gasteiger partial charge in [0.05, 0.1) is 0 Å². The van der Waals surface area contributed by atoms with Crippen molar-refractivity contribution in [1.29, 1.82) is 0 Å². The van der Waals surface area contributed by atoms with E-state index in [1.54, 1.807) is 0 Å². The molecule has 0 aromatic carbocycles. The van der Waals surface area contributed by atoms with Gasteiger partial charge in [-0.05, 0) is 0 Å². The first-order valence-electron chi connectivity index (χ1n) is 1.50. The van der Waals surface area contributed by atoms with E-state index in [2.05, 4.69) is 0 Å².